The van der Waals surface area contributed by atoms with Crippen LogP contribution in [0.4, 0.5) is 17.6 Å². The third-order valence-corrected chi connectivity index (χ3v) is 5.41. The summed E-state index contributed by atoms with van der Waals surface area (Å²) in [6, 6.07) is 16.5. The van der Waals surface area contributed by atoms with Crippen LogP contribution in [0.5, 0.6) is 6.01 Å². The monoisotopic (exact) mass is 392 g/mol. The number of anilines is 3. The molecule has 4 rings (SSSR count). The Morgan fingerprint density at radius 2 is 1.82 bits per heavy atom. The largest absolute Gasteiger partial charge is 0.467 e. The summed E-state index contributed by atoms with van der Waals surface area (Å²) in [6.45, 7) is 4.23. The normalized spacial score (nSPS) is 11.5. The molecule has 0 spiro atoms. The molecular formula is C20H20N6OS. The van der Waals surface area contributed by atoms with E-state index in [1.807, 2.05) is 40.7 Å². The van der Waals surface area contributed by atoms with Gasteiger partial charge in [-0.25, -0.2) is 4.98 Å². The summed E-state index contributed by atoms with van der Waals surface area (Å²) < 4.78 is 6.30. The number of aromatic nitrogens is 4. The number of rotatable bonds is 5. The van der Waals surface area contributed by atoms with Crippen molar-refractivity contribution in [3.8, 4) is 6.01 Å². The quantitative estimate of drug-likeness (QED) is 0.546. The second kappa shape index (κ2) is 7.05. The zero-order chi connectivity index (χ0) is 19.7. The molecule has 2 aromatic carbocycles. The van der Waals surface area contributed by atoms with E-state index in [0.717, 1.165) is 21.5 Å². The fraction of sp³-hybridized carbons (Fsp3) is 0.200. The molecule has 7 nitrogen and oxygen atoms in total. The Bertz CT molecular complexity index is 1110. The first-order chi connectivity index (χ1) is 13.5. The number of methoxy groups -OCH3 is 1. The number of hydrogen-bond donors (Lipinski definition) is 1. The van der Waals surface area contributed by atoms with Crippen LogP contribution in [0.2, 0.25) is 0 Å². The topological polar surface area (TPSA) is 90.0 Å². The van der Waals surface area contributed by atoms with E-state index in [4.69, 9.17) is 10.5 Å². The van der Waals surface area contributed by atoms with E-state index in [-0.39, 0.29) is 12.0 Å². The van der Waals surface area contributed by atoms with Crippen LogP contribution < -0.4 is 15.4 Å². The maximum atomic E-state index is 5.93. The van der Waals surface area contributed by atoms with E-state index in [1.54, 1.807) is 11.3 Å². The fourth-order valence-corrected chi connectivity index (χ4v) is 3.91. The molecular weight excluding hydrogens is 372 g/mol. The van der Waals surface area contributed by atoms with E-state index in [9.17, 15) is 0 Å². The van der Waals surface area contributed by atoms with Crippen LogP contribution in [-0.2, 0) is 5.54 Å². The fourth-order valence-electron chi connectivity index (χ4n) is 3.20. The van der Waals surface area contributed by atoms with Crippen molar-refractivity contribution in [3.05, 3.63) is 59.6 Å². The molecule has 0 aliphatic carbocycles. The molecule has 0 saturated heterocycles. The van der Waals surface area contributed by atoms with Gasteiger partial charge in [-0.1, -0.05) is 30.3 Å². The molecule has 0 saturated carbocycles. The van der Waals surface area contributed by atoms with Crippen LogP contribution in [0.3, 0.4) is 0 Å². The van der Waals surface area contributed by atoms with Gasteiger partial charge in [0.1, 0.15) is 0 Å². The number of ether oxygens (including phenoxy) is 1. The number of thiazole rings is 1. The summed E-state index contributed by atoms with van der Waals surface area (Å²) >= 11 is 1.59. The molecule has 0 aliphatic rings. The highest BCUT2D eigenvalue weighted by molar-refractivity contribution is 7.16. The van der Waals surface area contributed by atoms with E-state index in [0.29, 0.717) is 5.95 Å². The molecule has 0 unspecified atom stereocenters. The highest BCUT2D eigenvalue weighted by Crippen LogP contribution is 2.39. The van der Waals surface area contributed by atoms with Gasteiger partial charge in [-0.15, -0.1) is 11.3 Å². The third kappa shape index (κ3) is 3.22. The van der Waals surface area contributed by atoms with Gasteiger partial charge < -0.3 is 15.4 Å². The molecule has 0 fully saturated rings. The van der Waals surface area contributed by atoms with E-state index in [1.165, 1.54) is 7.11 Å². The second-order valence-corrected chi connectivity index (χ2v) is 7.63. The van der Waals surface area contributed by atoms with Crippen molar-refractivity contribution >= 4 is 39.1 Å². The first kappa shape index (κ1) is 18.1. The molecule has 0 aliphatic heterocycles. The average Bonchev–Trinajstić information content (AvgIpc) is 3.16. The third-order valence-electron chi connectivity index (χ3n) is 4.62. The van der Waals surface area contributed by atoms with Gasteiger partial charge in [0.15, 0.2) is 0 Å². The van der Waals surface area contributed by atoms with Crippen molar-refractivity contribution in [3.63, 3.8) is 0 Å². The SMILES string of the molecule is COc1nc(N)nc(N(c2ccc3ncsc3c2)C(C)(C)c2ccccc2)n1. The molecule has 0 atom stereocenters. The maximum absolute atomic E-state index is 5.93. The van der Waals surface area contributed by atoms with Crippen molar-refractivity contribution in [1.29, 1.82) is 0 Å². The standard InChI is InChI=1S/C20H20N6OS/c1-20(2,13-7-5-4-6-8-13)26(18-23-17(21)24-19(25-18)27-3)14-9-10-15-16(11-14)28-12-22-15/h4-12H,1-3H3,(H2,21,23,24,25). The smallest absolute Gasteiger partial charge is 0.322 e. The Hall–Kier alpha value is -3.26. The summed E-state index contributed by atoms with van der Waals surface area (Å²) in [5, 5.41) is 0. The molecule has 0 radical (unpaired) electrons. The van der Waals surface area contributed by atoms with Crippen molar-refractivity contribution in [2.45, 2.75) is 19.4 Å². The number of fused-ring (bicyclic) bond motifs is 1. The van der Waals surface area contributed by atoms with Crippen LogP contribution in [0.1, 0.15) is 19.4 Å². The van der Waals surface area contributed by atoms with Crippen molar-refractivity contribution < 1.29 is 4.74 Å². The van der Waals surface area contributed by atoms with Gasteiger partial charge in [0.25, 0.3) is 0 Å². The Morgan fingerprint density at radius 3 is 2.57 bits per heavy atom. The lowest BCUT2D eigenvalue weighted by Gasteiger charge is -2.39. The van der Waals surface area contributed by atoms with E-state index in [2.05, 4.69) is 52.0 Å². The second-order valence-electron chi connectivity index (χ2n) is 6.75. The summed E-state index contributed by atoms with van der Waals surface area (Å²) in [4.78, 5) is 19.3. The Balaban J connectivity index is 1.94. The number of hydrogen-bond acceptors (Lipinski definition) is 8. The molecule has 4 aromatic rings. The maximum Gasteiger partial charge on any atom is 0.322 e. The highest BCUT2D eigenvalue weighted by Gasteiger charge is 2.33. The van der Waals surface area contributed by atoms with E-state index >= 15 is 0 Å². The highest BCUT2D eigenvalue weighted by atomic mass is 32.1. The molecule has 142 valence electrons. The molecule has 28 heavy (non-hydrogen) atoms. The van der Waals surface area contributed by atoms with Crippen molar-refractivity contribution in [2.24, 2.45) is 0 Å². The van der Waals surface area contributed by atoms with Gasteiger partial charge in [-0.3, -0.25) is 0 Å². The van der Waals surface area contributed by atoms with Crippen LogP contribution in [0.15, 0.2) is 54.0 Å². The summed E-state index contributed by atoms with van der Waals surface area (Å²) in [7, 11) is 1.51. The summed E-state index contributed by atoms with van der Waals surface area (Å²) in [6.07, 6.45) is 0. The molecule has 2 N–H and O–H groups in total. The van der Waals surface area contributed by atoms with E-state index < -0.39 is 5.54 Å². The Morgan fingerprint density at radius 1 is 1.04 bits per heavy atom. The number of nitrogen functional groups attached to an aromatic ring is 1. The summed E-state index contributed by atoms with van der Waals surface area (Å²) in [5.41, 5.74) is 10.3. The average molecular weight is 392 g/mol. The minimum atomic E-state index is -0.474. The molecule has 0 amide bonds. The van der Waals surface area contributed by atoms with Crippen LogP contribution >= 0.6 is 11.3 Å². The predicted octanol–water partition coefficient (Wildman–Crippen LogP) is 4.15. The molecule has 8 heteroatoms. The molecule has 0 bridgehead atoms. The van der Waals surface area contributed by atoms with Crippen LogP contribution in [-0.4, -0.2) is 27.0 Å². The van der Waals surface area contributed by atoms with Crippen LogP contribution in [0, 0.1) is 0 Å². The summed E-state index contributed by atoms with van der Waals surface area (Å²) in [5.74, 6) is 0.525. The minimum absolute atomic E-state index is 0.106. The minimum Gasteiger partial charge on any atom is -0.467 e. The number of nitrogens with two attached hydrogens (primary N) is 1. The van der Waals surface area contributed by atoms with Gasteiger partial charge in [0.2, 0.25) is 11.9 Å². The molecule has 2 heterocycles. The van der Waals surface area contributed by atoms with Gasteiger partial charge in [0.05, 0.1) is 28.4 Å². The zero-order valence-corrected chi connectivity index (χ0v) is 16.6. The first-order valence-corrected chi connectivity index (χ1v) is 9.61. The lowest BCUT2D eigenvalue weighted by atomic mass is 9.91. The lowest BCUT2D eigenvalue weighted by Crippen LogP contribution is -2.39. The first-order valence-electron chi connectivity index (χ1n) is 8.73. The van der Waals surface area contributed by atoms with Gasteiger partial charge in [-0.05, 0) is 37.6 Å². The number of nitrogens with zero attached hydrogens (tertiary/aromatic N) is 5. The van der Waals surface area contributed by atoms with Gasteiger partial charge in [0, 0.05) is 5.69 Å². The van der Waals surface area contributed by atoms with Gasteiger partial charge >= 0.3 is 6.01 Å². The Labute approximate surface area is 166 Å². The van der Waals surface area contributed by atoms with Gasteiger partial charge in [-0.2, -0.15) is 15.0 Å². The van der Waals surface area contributed by atoms with Crippen LogP contribution in [0.25, 0.3) is 10.2 Å². The number of benzene rings is 2. The Kier molecular flexibility index (Phi) is 4.56. The van der Waals surface area contributed by atoms with Crippen molar-refractivity contribution in [1.82, 2.24) is 19.9 Å². The van der Waals surface area contributed by atoms with Crippen molar-refractivity contribution in [2.75, 3.05) is 17.7 Å². The zero-order valence-electron chi connectivity index (χ0n) is 15.8. The molecule has 2 aromatic heterocycles. The lowest BCUT2D eigenvalue weighted by molar-refractivity contribution is 0.378. The predicted molar refractivity (Wildman–Crippen MR) is 112 cm³/mol.